The Bertz CT molecular complexity index is 564. The van der Waals surface area contributed by atoms with Crippen LogP contribution >= 0.6 is 0 Å². The van der Waals surface area contributed by atoms with Gasteiger partial charge in [0.15, 0.2) is 5.82 Å². The summed E-state index contributed by atoms with van der Waals surface area (Å²) in [5, 5.41) is 21.3. The Kier molecular flexibility index (Phi) is 4.26. The highest BCUT2D eigenvalue weighted by Gasteiger charge is 2.28. The highest BCUT2D eigenvalue weighted by molar-refractivity contribution is 5.14. The predicted molar refractivity (Wildman–Crippen MR) is 78.4 cm³/mol. The molecule has 0 saturated heterocycles. The highest BCUT2D eigenvalue weighted by atomic mass is 16.3. The second kappa shape index (κ2) is 6.32. The molecule has 1 aromatic carbocycles. The maximum absolute atomic E-state index is 9.34. The van der Waals surface area contributed by atoms with E-state index in [1.807, 2.05) is 22.9 Å². The first-order chi connectivity index (χ1) is 10.2. The molecule has 0 amide bonds. The van der Waals surface area contributed by atoms with E-state index in [0.29, 0.717) is 12.5 Å². The summed E-state index contributed by atoms with van der Waals surface area (Å²) in [5.41, 5.74) is 1.19. The van der Waals surface area contributed by atoms with Crippen molar-refractivity contribution in [3.8, 4) is 0 Å². The van der Waals surface area contributed by atoms with Gasteiger partial charge in [0, 0.05) is 6.54 Å². The van der Waals surface area contributed by atoms with Gasteiger partial charge in [-0.2, -0.15) is 0 Å². The van der Waals surface area contributed by atoms with E-state index in [9.17, 15) is 5.11 Å². The Hall–Kier alpha value is -1.79. The molecule has 112 valence electrons. The van der Waals surface area contributed by atoms with Crippen LogP contribution in [0.15, 0.2) is 30.3 Å². The first-order valence-electron chi connectivity index (χ1n) is 7.36. The quantitative estimate of drug-likeness (QED) is 0.856. The van der Waals surface area contributed by atoms with E-state index in [4.69, 9.17) is 0 Å². The van der Waals surface area contributed by atoms with Gasteiger partial charge in [-0.1, -0.05) is 30.3 Å². The molecule has 1 heterocycles. The van der Waals surface area contributed by atoms with E-state index in [0.717, 1.165) is 31.8 Å². The number of aromatic nitrogens is 4. The third-order valence-electron chi connectivity index (χ3n) is 3.97. The lowest BCUT2D eigenvalue weighted by atomic mass is 9.82. The molecule has 3 rings (SSSR count). The molecule has 2 aromatic rings. The predicted octanol–water partition coefficient (Wildman–Crippen LogP) is 0.924. The van der Waals surface area contributed by atoms with Crippen LogP contribution < -0.4 is 0 Å². The van der Waals surface area contributed by atoms with Gasteiger partial charge in [0.2, 0.25) is 0 Å². The fraction of sp³-hybridized carbons (Fsp3) is 0.533. The first kappa shape index (κ1) is 14.2. The van der Waals surface area contributed by atoms with Crippen LogP contribution in [-0.2, 0) is 13.1 Å². The number of nitrogens with zero attached hydrogens (tertiary/aromatic N) is 5. The van der Waals surface area contributed by atoms with Crippen molar-refractivity contribution in [3.63, 3.8) is 0 Å². The van der Waals surface area contributed by atoms with E-state index >= 15 is 0 Å². The zero-order chi connectivity index (χ0) is 14.7. The second-order valence-corrected chi connectivity index (χ2v) is 5.93. The molecule has 1 aromatic heterocycles. The van der Waals surface area contributed by atoms with Crippen molar-refractivity contribution < 1.29 is 5.11 Å². The number of benzene rings is 1. The van der Waals surface area contributed by atoms with Gasteiger partial charge in [0.25, 0.3) is 0 Å². The summed E-state index contributed by atoms with van der Waals surface area (Å²) < 4.78 is 1.85. The number of aliphatic hydroxyl groups is 1. The zero-order valence-electron chi connectivity index (χ0n) is 12.3. The van der Waals surface area contributed by atoms with E-state index in [-0.39, 0.29) is 6.10 Å². The fourth-order valence-electron chi connectivity index (χ4n) is 2.81. The molecule has 0 bridgehead atoms. The van der Waals surface area contributed by atoms with Crippen molar-refractivity contribution in [2.45, 2.75) is 32.0 Å². The van der Waals surface area contributed by atoms with Gasteiger partial charge in [0.1, 0.15) is 0 Å². The molecule has 0 atom stereocenters. The van der Waals surface area contributed by atoms with Crippen LogP contribution in [0.1, 0.15) is 24.2 Å². The summed E-state index contributed by atoms with van der Waals surface area (Å²) >= 11 is 0. The first-order valence-corrected chi connectivity index (χ1v) is 7.36. The van der Waals surface area contributed by atoms with Crippen LogP contribution in [0.2, 0.25) is 0 Å². The minimum atomic E-state index is -0.0909. The normalized spacial score (nSPS) is 21.5. The van der Waals surface area contributed by atoms with Gasteiger partial charge in [-0.25, -0.2) is 4.68 Å². The fourth-order valence-corrected chi connectivity index (χ4v) is 2.81. The monoisotopic (exact) mass is 287 g/mol. The van der Waals surface area contributed by atoms with Crippen LogP contribution in [0.25, 0.3) is 0 Å². The summed E-state index contributed by atoms with van der Waals surface area (Å²) in [6.45, 7) is 2.40. The van der Waals surface area contributed by atoms with E-state index in [1.165, 1.54) is 5.56 Å². The average Bonchev–Trinajstić information content (AvgIpc) is 2.85. The lowest BCUT2D eigenvalue weighted by Crippen LogP contribution is -2.37. The molecule has 1 N–H and O–H groups in total. The molecular formula is C15H21N5O. The van der Waals surface area contributed by atoms with Crippen molar-refractivity contribution in [2.75, 3.05) is 13.6 Å². The smallest absolute Gasteiger partial charge is 0.165 e. The molecule has 1 aliphatic rings. The van der Waals surface area contributed by atoms with Crippen molar-refractivity contribution in [3.05, 3.63) is 41.7 Å². The largest absolute Gasteiger partial charge is 0.393 e. The standard InChI is InChI=1S/C15H21N5O/c1-19(9-13-7-14(21)8-13)11-15-16-17-18-20(15)10-12-5-3-2-4-6-12/h2-6,13-14,21H,7-11H2,1H3. The van der Waals surface area contributed by atoms with Crippen LogP contribution in [-0.4, -0.2) is 49.9 Å². The summed E-state index contributed by atoms with van der Waals surface area (Å²) in [5.74, 6) is 1.48. The lowest BCUT2D eigenvalue weighted by Gasteiger charge is -2.34. The van der Waals surface area contributed by atoms with Crippen molar-refractivity contribution in [1.82, 2.24) is 25.1 Å². The Morgan fingerprint density at radius 2 is 2.05 bits per heavy atom. The van der Waals surface area contributed by atoms with E-state index in [1.54, 1.807) is 0 Å². The Labute approximate surface area is 124 Å². The summed E-state index contributed by atoms with van der Waals surface area (Å²) in [7, 11) is 2.08. The Morgan fingerprint density at radius 3 is 2.76 bits per heavy atom. The molecule has 1 saturated carbocycles. The van der Waals surface area contributed by atoms with Gasteiger partial charge in [-0.3, -0.25) is 4.90 Å². The maximum Gasteiger partial charge on any atom is 0.165 e. The van der Waals surface area contributed by atoms with Gasteiger partial charge in [-0.05, 0) is 41.8 Å². The van der Waals surface area contributed by atoms with Crippen molar-refractivity contribution in [2.24, 2.45) is 5.92 Å². The van der Waals surface area contributed by atoms with Crippen molar-refractivity contribution >= 4 is 0 Å². The number of hydrogen-bond acceptors (Lipinski definition) is 5. The third kappa shape index (κ3) is 3.65. The van der Waals surface area contributed by atoms with Crippen LogP contribution in [0.4, 0.5) is 0 Å². The molecule has 0 radical (unpaired) electrons. The summed E-state index contributed by atoms with van der Waals surface area (Å²) in [4.78, 5) is 2.23. The molecule has 1 aliphatic carbocycles. The summed E-state index contributed by atoms with van der Waals surface area (Å²) in [6, 6.07) is 10.2. The average molecular weight is 287 g/mol. The minimum Gasteiger partial charge on any atom is -0.393 e. The van der Waals surface area contributed by atoms with E-state index in [2.05, 4.69) is 39.6 Å². The number of hydrogen-bond donors (Lipinski definition) is 1. The molecule has 6 heteroatoms. The van der Waals surface area contributed by atoms with Crippen molar-refractivity contribution in [1.29, 1.82) is 0 Å². The Morgan fingerprint density at radius 1 is 1.29 bits per heavy atom. The zero-order valence-corrected chi connectivity index (χ0v) is 12.3. The molecule has 21 heavy (non-hydrogen) atoms. The highest BCUT2D eigenvalue weighted by Crippen LogP contribution is 2.27. The van der Waals surface area contributed by atoms with E-state index < -0.39 is 0 Å². The van der Waals surface area contributed by atoms with Gasteiger partial charge in [0.05, 0.1) is 19.2 Å². The number of aliphatic hydroxyl groups excluding tert-OH is 1. The molecule has 0 spiro atoms. The second-order valence-electron chi connectivity index (χ2n) is 5.93. The molecule has 6 nitrogen and oxygen atoms in total. The van der Waals surface area contributed by atoms with Gasteiger partial charge in [-0.15, -0.1) is 5.10 Å². The Balaban J connectivity index is 1.57. The molecule has 0 unspecified atom stereocenters. The third-order valence-corrected chi connectivity index (χ3v) is 3.97. The molecule has 1 fully saturated rings. The van der Waals surface area contributed by atoms with Gasteiger partial charge >= 0.3 is 0 Å². The molecular weight excluding hydrogens is 266 g/mol. The lowest BCUT2D eigenvalue weighted by molar-refractivity contribution is 0.0269. The van der Waals surface area contributed by atoms with Crippen LogP contribution in [0.5, 0.6) is 0 Å². The molecule has 0 aliphatic heterocycles. The maximum atomic E-state index is 9.34. The topological polar surface area (TPSA) is 67.1 Å². The summed E-state index contributed by atoms with van der Waals surface area (Å²) in [6.07, 6.45) is 1.74. The van der Waals surface area contributed by atoms with Crippen LogP contribution in [0.3, 0.4) is 0 Å². The van der Waals surface area contributed by atoms with Crippen LogP contribution in [0, 0.1) is 5.92 Å². The number of tetrazole rings is 1. The minimum absolute atomic E-state index is 0.0909. The van der Waals surface area contributed by atoms with Gasteiger partial charge < -0.3 is 5.11 Å². The number of rotatable bonds is 6. The SMILES string of the molecule is CN(Cc1nnnn1Cc1ccccc1)CC1CC(O)C1.